The first-order valence-electron chi connectivity index (χ1n) is 9.44. The van der Waals surface area contributed by atoms with Crippen molar-refractivity contribution in [1.82, 2.24) is 4.68 Å². The van der Waals surface area contributed by atoms with Crippen molar-refractivity contribution in [3.63, 3.8) is 0 Å². The number of nitrogens with zero attached hydrogens (tertiary/aromatic N) is 2. The van der Waals surface area contributed by atoms with Crippen LogP contribution in [-0.2, 0) is 10.0 Å². The van der Waals surface area contributed by atoms with Crippen molar-refractivity contribution in [2.45, 2.75) is 30.2 Å². The van der Waals surface area contributed by atoms with Crippen LogP contribution in [0.3, 0.4) is 0 Å². The minimum Gasteiger partial charge on any atom is -0.508 e. The fourth-order valence-electron chi connectivity index (χ4n) is 3.64. The second-order valence-corrected chi connectivity index (χ2v) is 8.93. The summed E-state index contributed by atoms with van der Waals surface area (Å²) in [6, 6.07) is 10.7. The van der Waals surface area contributed by atoms with E-state index in [1.807, 2.05) is 0 Å². The Hall–Kier alpha value is -3.53. The first-order chi connectivity index (χ1) is 14.3. The topological polar surface area (TPSA) is 133 Å². The molecule has 0 radical (unpaired) electrons. The lowest BCUT2D eigenvalue weighted by Gasteiger charge is -2.29. The zero-order valence-electron chi connectivity index (χ0n) is 15.7. The Bertz CT molecular complexity index is 1390. The second-order valence-electron chi connectivity index (χ2n) is 7.36. The fraction of sp³-hybridized carbons (Fsp3) is 0.200. The normalized spacial score (nSPS) is 17.5. The molecule has 154 valence electrons. The Labute approximate surface area is 171 Å². The number of benzene rings is 2. The van der Waals surface area contributed by atoms with Crippen molar-refractivity contribution in [3.8, 4) is 11.5 Å². The molecule has 4 N–H and O–H groups in total. The summed E-state index contributed by atoms with van der Waals surface area (Å²) in [6.07, 6.45) is 2.90. The van der Waals surface area contributed by atoms with Gasteiger partial charge in [0.2, 0.25) is 0 Å². The van der Waals surface area contributed by atoms with Gasteiger partial charge < -0.3 is 21.0 Å². The van der Waals surface area contributed by atoms with Gasteiger partial charge in [0, 0.05) is 17.5 Å². The molecule has 1 fully saturated rings. The van der Waals surface area contributed by atoms with Crippen LogP contribution in [-0.4, -0.2) is 35.2 Å². The Morgan fingerprint density at radius 2 is 1.90 bits per heavy atom. The molecule has 1 aromatic heterocycles. The van der Waals surface area contributed by atoms with Crippen molar-refractivity contribution in [3.05, 3.63) is 58.4 Å². The molecule has 0 atom stereocenters. The maximum absolute atomic E-state index is 13.3. The summed E-state index contributed by atoms with van der Waals surface area (Å²) in [5.41, 5.74) is 2.96. The highest BCUT2D eigenvalue weighted by Crippen LogP contribution is 2.34. The number of anilines is 1. The molecule has 0 bridgehead atoms. The predicted molar refractivity (Wildman–Crippen MR) is 112 cm³/mol. The van der Waals surface area contributed by atoms with Gasteiger partial charge in [0.15, 0.2) is 5.84 Å². The van der Waals surface area contributed by atoms with E-state index in [4.69, 9.17) is 0 Å². The number of hydrogen-bond donors (Lipinski definition) is 4. The number of amidine groups is 1. The van der Waals surface area contributed by atoms with Crippen molar-refractivity contribution < 1.29 is 18.6 Å². The molecule has 1 aliphatic carbocycles. The van der Waals surface area contributed by atoms with E-state index in [1.54, 1.807) is 24.3 Å². The number of phenols is 1. The van der Waals surface area contributed by atoms with Gasteiger partial charge in [-0.05, 0) is 43.5 Å². The van der Waals surface area contributed by atoms with Crippen molar-refractivity contribution >= 4 is 32.4 Å². The molecule has 5 rings (SSSR count). The summed E-state index contributed by atoms with van der Waals surface area (Å²) in [7, 11) is -4.19. The minimum atomic E-state index is -4.19. The molecule has 0 amide bonds. The number of para-hydroxylation sites is 1. The number of sulfonamides is 1. The highest BCUT2D eigenvalue weighted by atomic mass is 32.2. The van der Waals surface area contributed by atoms with Crippen molar-refractivity contribution in [1.29, 1.82) is 0 Å². The zero-order valence-corrected chi connectivity index (χ0v) is 16.5. The van der Waals surface area contributed by atoms with Crippen LogP contribution in [0.2, 0.25) is 0 Å². The van der Waals surface area contributed by atoms with Crippen molar-refractivity contribution in [2.24, 2.45) is 4.40 Å². The average molecular weight is 426 g/mol. The van der Waals surface area contributed by atoms with Gasteiger partial charge in [-0.3, -0.25) is 4.79 Å². The number of phenolic OH excluding ortho intramolecular Hbond substituents is 1. The number of aromatic nitrogens is 1. The van der Waals surface area contributed by atoms with Gasteiger partial charge >= 0.3 is 0 Å². The third-order valence-electron chi connectivity index (χ3n) is 5.42. The average Bonchev–Trinajstić information content (AvgIpc) is 2.67. The summed E-state index contributed by atoms with van der Waals surface area (Å²) in [6.45, 7) is 0. The van der Waals surface area contributed by atoms with Crippen LogP contribution < -0.4 is 16.3 Å². The first kappa shape index (κ1) is 18.5. The fourth-order valence-corrected chi connectivity index (χ4v) is 4.79. The van der Waals surface area contributed by atoms with E-state index in [-0.39, 0.29) is 39.5 Å². The van der Waals surface area contributed by atoms with Crippen LogP contribution in [0.25, 0.3) is 10.9 Å². The number of pyridine rings is 1. The Balaban J connectivity index is 1.74. The molecule has 0 unspecified atom stereocenters. The van der Waals surface area contributed by atoms with Gasteiger partial charge in [0.05, 0.1) is 11.2 Å². The van der Waals surface area contributed by atoms with Gasteiger partial charge in [-0.15, -0.1) is 4.40 Å². The van der Waals surface area contributed by atoms with Crippen LogP contribution in [0, 0.1) is 0 Å². The molecule has 1 saturated carbocycles. The van der Waals surface area contributed by atoms with E-state index < -0.39 is 15.6 Å². The van der Waals surface area contributed by atoms with Crippen LogP contribution in [0.4, 0.5) is 5.69 Å². The molecule has 9 nitrogen and oxygen atoms in total. The number of hydrogen-bond acceptors (Lipinski definition) is 7. The van der Waals surface area contributed by atoms with E-state index >= 15 is 0 Å². The molecule has 2 aliphatic rings. The van der Waals surface area contributed by atoms with E-state index in [0.29, 0.717) is 10.9 Å². The lowest BCUT2D eigenvalue weighted by Crippen LogP contribution is -2.42. The zero-order chi connectivity index (χ0) is 21.0. The van der Waals surface area contributed by atoms with Crippen LogP contribution in [0.1, 0.15) is 24.8 Å². The highest BCUT2D eigenvalue weighted by molar-refractivity contribution is 7.90. The SMILES string of the molecule is O=c1c(C2=NS(=O)(=O)c3cc(O)ccc3N2)c(O)c2ccccc2n1NC1CCC1. The van der Waals surface area contributed by atoms with E-state index in [0.717, 1.165) is 25.3 Å². The molecule has 2 heterocycles. The third kappa shape index (κ3) is 2.79. The van der Waals surface area contributed by atoms with Gasteiger partial charge in [0.1, 0.15) is 22.0 Å². The van der Waals surface area contributed by atoms with Gasteiger partial charge in [0.25, 0.3) is 15.6 Å². The first-order valence-corrected chi connectivity index (χ1v) is 10.9. The quantitative estimate of drug-likeness (QED) is 0.471. The van der Waals surface area contributed by atoms with Gasteiger partial charge in [-0.2, -0.15) is 8.42 Å². The van der Waals surface area contributed by atoms with Crippen LogP contribution in [0.15, 0.2) is 56.6 Å². The lowest BCUT2D eigenvalue weighted by atomic mass is 9.94. The molecule has 0 saturated heterocycles. The molecule has 0 spiro atoms. The summed E-state index contributed by atoms with van der Waals surface area (Å²) >= 11 is 0. The summed E-state index contributed by atoms with van der Waals surface area (Å²) in [5.74, 6) is -0.852. The number of fused-ring (bicyclic) bond motifs is 2. The molecule has 1 aliphatic heterocycles. The van der Waals surface area contributed by atoms with Gasteiger partial charge in [-0.1, -0.05) is 12.1 Å². The van der Waals surface area contributed by atoms with Gasteiger partial charge in [-0.25, -0.2) is 4.68 Å². The minimum absolute atomic E-state index is 0.122. The smallest absolute Gasteiger partial charge is 0.286 e. The largest absolute Gasteiger partial charge is 0.508 e. The molecular weight excluding hydrogens is 408 g/mol. The predicted octanol–water partition coefficient (Wildman–Crippen LogP) is 2.07. The Morgan fingerprint density at radius 3 is 2.63 bits per heavy atom. The number of rotatable bonds is 3. The van der Waals surface area contributed by atoms with E-state index in [1.165, 1.54) is 16.8 Å². The maximum atomic E-state index is 13.3. The standard InChI is InChI=1S/C20H18N4O5S/c25-12-8-9-14-16(10-12)30(28,29)23-19(21-14)17-18(26)13-6-1-2-7-15(13)24(20(17)27)22-11-4-3-5-11/h1-2,6-11,22,25-26H,3-5H2,(H,21,23). The molecule has 3 aromatic rings. The van der Waals surface area contributed by atoms with E-state index in [2.05, 4.69) is 15.1 Å². The van der Waals surface area contributed by atoms with Crippen molar-refractivity contribution in [2.75, 3.05) is 10.7 Å². The third-order valence-corrected chi connectivity index (χ3v) is 6.73. The Kier molecular flexibility index (Phi) is 4.00. The maximum Gasteiger partial charge on any atom is 0.286 e. The molecule has 30 heavy (non-hydrogen) atoms. The summed E-state index contributed by atoms with van der Waals surface area (Å²) < 4.78 is 30.4. The molecule has 2 aromatic carbocycles. The number of nitrogens with one attached hydrogen (secondary N) is 2. The Morgan fingerprint density at radius 1 is 1.13 bits per heavy atom. The highest BCUT2D eigenvalue weighted by Gasteiger charge is 2.31. The summed E-state index contributed by atoms with van der Waals surface area (Å²) in [5, 5.41) is 23.7. The van der Waals surface area contributed by atoms with Crippen LogP contribution >= 0.6 is 0 Å². The molecule has 10 heteroatoms. The lowest BCUT2D eigenvalue weighted by molar-refractivity contribution is 0.414. The second kappa shape index (κ2) is 6.49. The summed E-state index contributed by atoms with van der Waals surface area (Å²) in [4.78, 5) is 13.1. The van der Waals surface area contributed by atoms with Crippen LogP contribution in [0.5, 0.6) is 11.5 Å². The monoisotopic (exact) mass is 426 g/mol. The molecular formula is C20H18N4O5S. The van der Waals surface area contributed by atoms with E-state index in [9.17, 15) is 23.4 Å². The number of aromatic hydroxyl groups is 2.